The molecule has 1 amide bonds. The van der Waals surface area contributed by atoms with Gasteiger partial charge in [-0.15, -0.1) is 11.3 Å². The van der Waals surface area contributed by atoms with Gasteiger partial charge in [0.15, 0.2) is 16.5 Å². The van der Waals surface area contributed by atoms with Crippen LogP contribution in [-0.4, -0.2) is 41.7 Å². The number of nitrogens with one attached hydrogen (secondary N) is 1. The van der Waals surface area contributed by atoms with Gasteiger partial charge < -0.3 is 5.11 Å². The van der Waals surface area contributed by atoms with Crippen molar-refractivity contribution in [2.45, 2.75) is 13.5 Å². The molecule has 0 saturated heterocycles. The molecule has 0 aliphatic rings. The molecule has 0 radical (unpaired) electrons. The summed E-state index contributed by atoms with van der Waals surface area (Å²) in [6.45, 7) is 2.72. The fourth-order valence-corrected chi connectivity index (χ4v) is 2.66. The molecule has 122 valence electrons. The number of carbonyl (C=O) groups is 2. The summed E-state index contributed by atoms with van der Waals surface area (Å²) in [7, 11) is 0. The van der Waals surface area contributed by atoms with E-state index >= 15 is 0 Å². The van der Waals surface area contributed by atoms with Crippen LogP contribution in [0.1, 0.15) is 27.9 Å². The SMILES string of the molecule is CCn1cc(-c2csc(NC(=O)c3nccnc3C(=O)O)n2)cn1. The van der Waals surface area contributed by atoms with E-state index in [1.54, 1.807) is 16.3 Å². The average Bonchev–Trinajstić information content (AvgIpc) is 3.23. The summed E-state index contributed by atoms with van der Waals surface area (Å²) in [6, 6.07) is 0. The number of amides is 1. The van der Waals surface area contributed by atoms with Gasteiger partial charge in [0.2, 0.25) is 0 Å². The van der Waals surface area contributed by atoms with Gasteiger partial charge in [-0.2, -0.15) is 5.10 Å². The fraction of sp³-hybridized carbons (Fsp3) is 0.143. The molecule has 0 unspecified atom stereocenters. The van der Waals surface area contributed by atoms with E-state index in [4.69, 9.17) is 5.11 Å². The predicted octanol–water partition coefficient (Wildman–Crippen LogP) is 1.77. The van der Waals surface area contributed by atoms with E-state index in [1.807, 2.05) is 13.1 Å². The van der Waals surface area contributed by atoms with Crippen molar-refractivity contribution in [1.82, 2.24) is 24.7 Å². The van der Waals surface area contributed by atoms with Crippen LogP contribution in [0, 0.1) is 0 Å². The van der Waals surface area contributed by atoms with E-state index in [-0.39, 0.29) is 5.69 Å². The van der Waals surface area contributed by atoms with Gasteiger partial charge >= 0.3 is 5.97 Å². The van der Waals surface area contributed by atoms with Gasteiger partial charge in [0.05, 0.1) is 11.9 Å². The maximum Gasteiger partial charge on any atom is 0.356 e. The highest BCUT2D eigenvalue weighted by Gasteiger charge is 2.20. The number of aryl methyl sites for hydroxylation is 1. The van der Waals surface area contributed by atoms with E-state index in [1.165, 1.54) is 23.7 Å². The monoisotopic (exact) mass is 344 g/mol. The predicted molar refractivity (Wildman–Crippen MR) is 86.0 cm³/mol. The molecule has 0 aliphatic carbocycles. The molecule has 3 rings (SSSR count). The molecule has 0 fully saturated rings. The highest BCUT2D eigenvalue weighted by Crippen LogP contribution is 2.24. The van der Waals surface area contributed by atoms with Crippen molar-refractivity contribution in [3.8, 4) is 11.3 Å². The summed E-state index contributed by atoms with van der Waals surface area (Å²) in [5, 5.41) is 17.9. The van der Waals surface area contributed by atoms with Crippen molar-refractivity contribution in [2.24, 2.45) is 0 Å². The number of anilines is 1. The van der Waals surface area contributed by atoms with Crippen LogP contribution >= 0.6 is 11.3 Å². The number of nitrogens with zero attached hydrogens (tertiary/aromatic N) is 5. The van der Waals surface area contributed by atoms with E-state index in [0.29, 0.717) is 10.8 Å². The molecule has 3 aromatic heterocycles. The van der Waals surface area contributed by atoms with Gasteiger partial charge in [-0.05, 0) is 6.92 Å². The molecule has 9 nitrogen and oxygen atoms in total. The van der Waals surface area contributed by atoms with Crippen molar-refractivity contribution in [3.63, 3.8) is 0 Å². The first kappa shape index (κ1) is 15.7. The molecule has 3 heterocycles. The number of aromatic nitrogens is 5. The van der Waals surface area contributed by atoms with Crippen molar-refractivity contribution in [1.29, 1.82) is 0 Å². The third-order valence-electron chi connectivity index (χ3n) is 3.09. The van der Waals surface area contributed by atoms with Crippen LogP contribution in [0.5, 0.6) is 0 Å². The number of carboxylic acid groups (broad SMARTS) is 1. The molecular weight excluding hydrogens is 332 g/mol. The minimum absolute atomic E-state index is 0.263. The number of hydrogen-bond acceptors (Lipinski definition) is 7. The largest absolute Gasteiger partial charge is 0.476 e. The summed E-state index contributed by atoms with van der Waals surface area (Å²) in [6.07, 6.45) is 6.02. The standard InChI is InChI=1S/C14H12N6O3S/c1-2-20-6-8(5-17-20)9-7-24-14(18-9)19-12(21)10-11(13(22)23)16-4-3-15-10/h3-7H,2H2,1H3,(H,22,23)(H,18,19,21). The highest BCUT2D eigenvalue weighted by molar-refractivity contribution is 7.14. The second kappa shape index (κ2) is 6.54. The van der Waals surface area contributed by atoms with Crippen LogP contribution < -0.4 is 5.32 Å². The van der Waals surface area contributed by atoms with Crippen molar-refractivity contribution >= 4 is 28.3 Å². The summed E-state index contributed by atoms with van der Waals surface area (Å²) >= 11 is 1.22. The van der Waals surface area contributed by atoms with Crippen molar-refractivity contribution < 1.29 is 14.7 Å². The number of carbonyl (C=O) groups excluding carboxylic acids is 1. The van der Waals surface area contributed by atoms with E-state index in [2.05, 4.69) is 25.4 Å². The van der Waals surface area contributed by atoms with Crippen LogP contribution in [0.25, 0.3) is 11.3 Å². The van der Waals surface area contributed by atoms with Crippen LogP contribution in [-0.2, 0) is 6.54 Å². The molecule has 0 aromatic carbocycles. The Kier molecular flexibility index (Phi) is 4.29. The Balaban J connectivity index is 1.80. The van der Waals surface area contributed by atoms with Gasteiger partial charge in [-0.3, -0.25) is 14.8 Å². The van der Waals surface area contributed by atoms with Crippen LogP contribution in [0.15, 0.2) is 30.2 Å². The lowest BCUT2D eigenvalue weighted by atomic mass is 10.3. The Labute approximate surface area is 140 Å². The Morgan fingerprint density at radius 3 is 2.71 bits per heavy atom. The minimum atomic E-state index is -1.32. The molecule has 0 atom stereocenters. The van der Waals surface area contributed by atoms with Crippen LogP contribution in [0.4, 0.5) is 5.13 Å². The van der Waals surface area contributed by atoms with Crippen molar-refractivity contribution in [2.75, 3.05) is 5.32 Å². The molecule has 24 heavy (non-hydrogen) atoms. The first-order chi connectivity index (χ1) is 11.6. The lowest BCUT2D eigenvalue weighted by Crippen LogP contribution is -2.19. The summed E-state index contributed by atoms with van der Waals surface area (Å²) in [5.41, 5.74) is 0.837. The third-order valence-corrected chi connectivity index (χ3v) is 3.85. The molecule has 10 heteroatoms. The number of thiazole rings is 1. The van der Waals surface area contributed by atoms with Gasteiger partial charge in [0.1, 0.15) is 0 Å². The number of rotatable bonds is 5. The highest BCUT2D eigenvalue weighted by atomic mass is 32.1. The minimum Gasteiger partial charge on any atom is -0.476 e. The lowest BCUT2D eigenvalue weighted by molar-refractivity contribution is 0.0685. The first-order valence-corrected chi connectivity index (χ1v) is 7.80. The van der Waals surface area contributed by atoms with Crippen LogP contribution in [0.2, 0.25) is 0 Å². The maximum atomic E-state index is 12.2. The summed E-state index contributed by atoms with van der Waals surface area (Å²) in [4.78, 5) is 35.0. The normalized spacial score (nSPS) is 10.5. The van der Waals surface area contributed by atoms with E-state index in [9.17, 15) is 9.59 Å². The van der Waals surface area contributed by atoms with E-state index < -0.39 is 17.6 Å². The van der Waals surface area contributed by atoms with Crippen LogP contribution in [0.3, 0.4) is 0 Å². The molecule has 0 bridgehead atoms. The zero-order chi connectivity index (χ0) is 17.1. The van der Waals surface area contributed by atoms with Gasteiger partial charge in [0.25, 0.3) is 5.91 Å². The Bertz CT molecular complexity index is 903. The smallest absolute Gasteiger partial charge is 0.356 e. The Hall–Kier alpha value is -3.14. The number of aromatic carboxylic acids is 1. The van der Waals surface area contributed by atoms with Gasteiger partial charge in [-0.1, -0.05) is 0 Å². The molecular formula is C14H12N6O3S. The number of hydrogen-bond donors (Lipinski definition) is 2. The fourth-order valence-electron chi connectivity index (χ4n) is 1.95. The topological polar surface area (TPSA) is 123 Å². The van der Waals surface area contributed by atoms with Crippen molar-refractivity contribution in [3.05, 3.63) is 41.6 Å². The molecule has 0 spiro atoms. The average molecular weight is 344 g/mol. The third kappa shape index (κ3) is 3.13. The second-order valence-electron chi connectivity index (χ2n) is 4.64. The molecule has 0 aliphatic heterocycles. The second-order valence-corrected chi connectivity index (χ2v) is 5.49. The van der Waals surface area contributed by atoms with E-state index in [0.717, 1.165) is 12.1 Å². The lowest BCUT2D eigenvalue weighted by Gasteiger charge is -2.03. The Morgan fingerprint density at radius 2 is 2.04 bits per heavy atom. The molecule has 2 N–H and O–H groups in total. The quantitative estimate of drug-likeness (QED) is 0.723. The first-order valence-electron chi connectivity index (χ1n) is 6.92. The zero-order valence-corrected chi connectivity index (χ0v) is 13.3. The summed E-state index contributed by atoms with van der Waals surface area (Å²) < 4.78 is 1.77. The molecule has 0 saturated carbocycles. The Morgan fingerprint density at radius 1 is 1.29 bits per heavy atom. The molecule has 3 aromatic rings. The summed E-state index contributed by atoms with van der Waals surface area (Å²) in [5.74, 6) is -1.99. The maximum absolute atomic E-state index is 12.2. The van der Waals surface area contributed by atoms with Gasteiger partial charge in [-0.25, -0.2) is 19.7 Å². The zero-order valence-electron chi connectivity index (χ0n) is 12.5. The number of carboxylic acids is 1. The van der Waals surface area contributed by atoms with Gasteiger partial charge in [0, 0.05) is 36.1 Å².